The number of hydrogen-bond acceptors (Lipinski definition) is 2. The summed E-state index contributed by atoms with van der Waals surface area (Å²) in [5.41, 5.74) is 1.70. The van der Waals surface area contributed by atoms with Crippen molar-refractivity contribution in [3.63, 3.8) is 0 Å². The molecule has 0 spiro atoms. The molecule has 3 nitrogen and oxygen atoms in total. The van der Waals surface area contributed by atoms with Gasteiger partial charge in [-0.3, -0.25) is 4.79 Å². The summed E-state index contributed by atoms with van der Waals surface area (Å²) in [4.78, 5) is 12.0. The summed E-state index contributed by atoms with van der Waals surface area (Å²) in [5, 5.41) is 2.92. The van der Waals surface area contributed by atoms with Crippen LogP contribution in [0.5, 0.6) is 5.75 Å². The third kappa shape index (κ3) is 4.05. The Morgan fingerprint density at radius 2 is 1.86 bits per heavy atom. The summed E-state index contributed by atoms with van der Waals surface area (Å²) >= 11 is 0. The number of rotatable bonds is 5. The molecule has 2 aromatic rings. The first-order valence-corrected chi connectivity index (χ1v) is 6.77. The van der Waals surface area contributed by atoms with Crippen LogP contribution in [-0.4, -0.2) is 13.0 Å². The van der Waals surface area contributed by atoms with Crippen molar-refractivity contribution in [2.24, 2.45) is 0 Å². The smallest absolute Gasteiger partial charge is 0.224 e. The van der Waals surface area contributed by atoms with Crippen LogP contribution in [0.15, 0.2) is 48.5 Å². The van der Waals surface area contributed by atoms with Gasteiger partial charge in [0.15, 0.2) is 0 Å². The quantitative estimate of drug-likeness (QED) is 0.916. The first-order valence-electron chi connectivity index (χ1n) is 6.77. The van der Waals surface area contributed by atoms with E-state index in [-0.39, 0.29) is 24.2 Å². The van der Waals surface area contributed by atoms with Crippen molar-refractivity contribution in [2.45, 2.75) is 19.4 Å². The Balaban J connectivity index is 2.00. The van der Waals surface area contributed by atoms with Crippen LogP contribution in [0.25, 0.3) is 0 Å². The topological polar surface area (TPSA) is 38.3 Å². The average molecular weight is 287 g/mol. The highest BCUT2D eigenvalue weighted by atomic mass is 19.1. The van der Waals surface area contributed by atoms with Crippen molar-refractivity contribution in [3.8, 4) is 5.75 Å². The van der Waals surface area contributed by atoms with Crippen molar-refractivity contribution in [3.05, 3.63) is 65.5 Å². The van der Waals surface area contributed by atoms with Gasteiger partial charge in [-0.25, -0.2) is 4.39 Å². The van der Waals surface area contributed by atoms with Crippen LogP contribution in [0.2, 0.25) is 0 Å². The van der Waals surface area contributed by atoms with Crippen LogP contribution < -0.4 is 10.1 Å². The Bertz CT molecular complexity index is 610. The SMILES string of the molecule is COc1ccccc1[C@H](C)NC(=O)Cc1ccc(F)cc1. The number of hydrogen-bond donors (Lipinski definition) is 1. The molecule has 1 atom stereocenters. The van der Waals surface area contributed by atoms with E-state index in [1.54, 1.807) is 19.2 Å². The van der Waals surface area contributed by atoms with E-state index in [1.807, 2.05) is 31.2 Å². The normalized spacial score (nSPS) is 11.8. The van der Waals surface area contributed by atoms with Crippen LogP contribution in [0.3, 0.4) is 0 Å². The maximum absolute atomic E-state index is 12.8. The predicted molar refractivity (Wildman–Crippen MR) is 79.7 cm³/mol. The molecule has 21 heavy (non-hydrogen) atoms. The third-order valence-corrected chi connectivity index (χ3v) is 3.26. The van der Waals surface area contributed by atoms with Crippen molar-refractivity contribution < 1.29 is 13.9 Å². The first-order chi connectivity index (χ1) is 10.1. The molecule has 0 aliphatic heterocycles. The Labute approximate surface area is 123 Å². The fraction of sp³-hybridized carbons (Fsp3) is 0.235. The van der Waals surface area contributed by atoms with Crippen LogP contribution in [0.1, 0.15) is 24.1 Å². The predicted octanol–water partition coefficient (Wildman–Crippen LogP) is 3.25. The molecule has 0 heterocycles. The van der Waals surface area contributed by atoms with Gasteiger partial charge < -0.3 is 10.1 Å². The lowest BCUT2D eigenvalue weighted by molar-refractivity contribution is -0.121. The van der Waals surface area contributed by atoms with E-state index in [0.29, 0.717) is 0 Å². The van der Waals surface area contributed by atoms with Gasteiger partial charge in [-0.2, -0.15) is 0 Å². The molecule has 0 aromatic heterocycles. The summed E-state index contributed by atoms with van der Waals surface area (Å²) in [6.07, 6.45) is 0.222. The zero-order valence-electron chi connectivity index (χ0n) is 12.1. The van der Waals surface area contributed by atoms with Crippen LogP contribution in [-0.2, 0) is 11.2 Å². The molecule has 0 aliphatic rings. The van der Waals surface area contributed by atoms with E-state index >= 15 is 0 Å². The molecular formula is C17H18FNO2. The van der Waals surface area contributed by atoms with Gasteiger partial charge >= 0.3 is 0 Å². The van der Waals surface area contributed by atoms with Crippen molar-refractivity contribution in [1.82, 2.24) is 5.32 Å². The fourth-order valence-corrected chi connectivity index (χ4v) is 2.18. The van der Waals surface area contributed by atoms with Crippen molar-refractivity contribution in [2.75, 3.05) is 7.11 Å². The number of amides is 1. The van der Waals surface area contributed by atoms with E-state index < -0.39 is 0 Å². The number of methoxy groups -OCH3 is 1. The number of halogens is 1. The summed E-state index contributed by atoms with van der Waals surface area (Å²) in [6, 6.07) is 13.3. The highest BCUT2D eigenvalue weighted by Gasteiger charge is 2.13. The maximum atomic E-state index is 12.8. The van der Waals surface area contributed by atoms with Crippen LogP contribution in [0, 0.1) is 5.82 Å². The highest BCUT2D eigenvalue weighted by molar-refractivity contribution is 5.79. The van der Waals surface area contributed by atoms with Gasteiger partial charge in [0.2, 0.25) is 5.91 Å². The van der Waals surface area contributed by atoms with Crippen molar-refractivity contribution in [1.29, 1.82) is 0 Å². The van der Waals surface area contributed by atoms with Gasteiger partial charge in [0, 0.05) is 5.56 Å². The number of carbonyl (C=O) groups excluding carboxylic acids is 1. The van der Waals surface area contributed by atoms with E-state index in [9.17, 15) is 9.18 Å². The average Bonchev–Trinajstić information content (AvgIpc) is 2.49. The number of benzene rings is 2. The second-order valence-corrected chi connectivity index (χ2v) is 4.83. The molecule has 1 N–H and O–H groups in total. The standard InChI is InChI=1S/C17H18FNO2/c1-12(15-5-3-4-6-16(15)21-2)19-17(20)11-13-7-9-14(18)10-8-13/h3-10,12H,11H2,1-2H3,(H,19,20)/t12-/m0/s1. The molecule has 0 bridgehead atoms. The largest absolute Gasteiger partial charge is 0.496 e. The van der Waals surface area contributed by atoms with Gasteiger partial charge in [-0.1, -0.05) is 30.3 Å². The lowest BCUT2D eigenvalue weighted by Gasteiger charge is -2.17. The Morgan fingerprint density at radius 1 is 1.19 bits per heavy atom. The lowest BCUT2D eigenvalue weighted by Crippen LogP contribution is -2.28. The molecule has 0 radical (unpaired) electrons. The van der Waals surface area contributed by atoms with E-state index in [2.05, 4.69) is 5.32 Å². The minimum absolute atomic E-state index is 0.111. The first kappa shape index (κ1) is 15.0. The minimum atomic E-state index is -0.304. The van der Waals surface area contributed by atoms with E-state index in [4.69, 9.17) is 4.74 Å². The summed E-state index contributed by atoms with van der Waals surface area (Å²) < 4.78 is 18.1. The Morgan fingerprint density at radius 3 is 2.52 bits per heavy atom. The molecule has 4 heteroatoms. The summed E-state index contributed by atoms with van der Waals surface area (Å²) in [7, 11) is 1.60. The molecular weight excluding hydrogens is 269 g/mol. The highest BCUT2D eigenvalue weighted by Crippen LogP contribution is 2.24. The Kier molecular flexibility index (Phi) is 4.93. The molecule has 1 amide bonds. The molecule has 0 unspecified atom stereocenters. The molecule has 2 aromatic carbocycles. The second-order valence-electron chi connectivity index (χ2n) is 4.83. The molecule has 110 valence electrons. The zero-order valence-corrected chi connectivity index (χ0v) is 12.1. The number of para-hydroxylation sites is 1. The zero-order chi connectivity index (χ0) is 15.2. The van der Waals surface area contributed by atoms with Gasteiger partial charge in [0.1, 0.15) is 11.6 Å². The maximum Gasteiger partial charge on any atom is 0.224 e. The van der Waals surface area contributed by atoms with Crippen LogP contribution >= 0.6 is 0 Å². The molecule has 0 fully saturated rings. The van der Waals surface area contributed by atoms with Gasteiger partial charge in [-0.15, -0.1) is 0 Å². The molecule has 0 saturated carbocycles. The molecule has 2 rings (SSSR count). The third-order valence-electron chi connectivity index (χ3n) is 3.26. The van der Waals surface area contributed by atoms with E-state index in [0.717, 1.165) is 16.9 Å². The number of ether oxygens (including phenoxy) is 1. The molecule has 0 saturated heterocycles. The minimum Gasteiger partial charge on any atom is -0.496 e. The molecule has 0 aliphatic carbocycles. The van der Waals surface area contributed by atoms with Gasteiger partial charge in [0.05, 0.1) is 19.6 Å². The summed E-state index contributed by atoms with van der Waals surface area (Å²) in [6.45, 7) is 1.90. The van der Waals surface area contributed by atoms with Gasteiger partial charge in [-0.05, 0) is 30.7 Å². The van der Waals surface area contributed by atoms with Crippen molar-refractivity contribution >= 4 is 5.91 Å². The van der Waals surface area contributed by atoms with E-state index in [1.165, 1.54) is 12.1 Å². The fourth-order valence-electron chi connectivity index (χ4n) is 2.18. The number of carbonyl (C=O) groups is 1. The second kappa shape index (κ2) is 6.88. The number of nitrogens with one attached hydrogen (secondary N) is 1. The summed E-state index contributed by atoms with van der Waals surface area (Å²) in [5.74, 6) is 0.327. The Hall–Kier alpha value is -2.36. The monoisotopic (exact) mass is 287 g/mol. The van der Waals surface area contributed by atoms with Crippen LogP contribution in [0.4, 0.5) is 4.39 Å². The lowest BCUT2D eigenvalue weighted by atomic mass is 10.1. The van der Waals surface area contributed by atoms with Gasteiger partial charge in [0.25, 0.3) is 0 Å².